The molecule has 1 spiro atoms. The Morgan fingerprint density at radius 2 is 1.50 bits per heavy atom. The van der Waals surface area contributed by atoms with Crippen LogP contribution in [0.15, 0.2) is 0 Å². The third-order valence-electron chi connectivity index (χ3n) is 10.3. The van der Waals surface area contributed by atoms with Crippen molar-refractivity contribution in [2.75, 3.05) is 6.61 Å². The Balaban J connectivity index is 1.81. The van der Waals surface area contributed by atoms with Gasteiger partial charge in [0.1, 0.15) is 29.5 Å². The van der Waals surface area contributed by atoms with E-state index in [0.29, 0.717) is 25.9 Å². The first-order valence-electron chi connectivity index (χ1n) is 13.6. The number of hydrogen-bond acceptors (Lipinski definition) is 10. The molecule has 4 bridgehead atoms. The first-order chi connectivity index (χ1) is 17.8. The summed E-state index contributed by atoms with van der Waals surface area (Å²) >= 11 is 0. The van der Waals surface area contributed by atoms with Crippen LogP contribution >= 0.6 is 0 Å². The minimum Gasteiger partial charge on any atom is -0.462 e. The van der Waals surface area contributed by atoms with Crippen LogP contribution in [-0.2, 0) is 47.7 Å². The molecule has 0 amide bonds. The zero-order valence-electron chi connectivity index (χ0n) is 22.9. The molecule has 0 unspecified atom stereocenters. The molecule has 1 saturated heterocycles. The molecule has 5 fully saturated rings. The lowest BCUT2D eigenvalue weighted by Gasteiger charge is -2.70. The molecule has 210 valence electrons. The average Bonchev–Trinajstić information content (AvgIpc) is 2.91. The lowest BCUT2D eigenvalue weighted by molar-refractivity contribution is -0.359. The fraction of sp³-hybridized carbons (Fsp3) is 0.821. The maximum absolute atomic E-state index is 14.5. The summed E-state index contributed by atoms with van der Waals surface area (Å²) in [6.07, 6.45) is -0.719. The van der Waals surface area contributed by atoms with Crippen LogP contribution in [0.4, 0.5) is 0 Å². The molecule has 5 rings (SSSR count). The second-order valence-corrected chi connectivity index (χ2v) is 12.4. The van der Waals surface area contributed by atoms with Gasteiger partial charge in [-0.1, -0.05) is 20.3 Å². The lowest BCUT2D eigenvalue weighted by Crippen LogP contribution is -2.76. The molecule has 5 aliphatic rings. The predicted molar refractivity (Wildman–Crippen MR) is 129 cm³/mol. The second-order valence-electron chi connectivity index (χ2n) is 12.4. The topological polar surface area (TPSA) is 132 Å². The molecule has 38 heavy (non-hydrogen) atoms. The van der Waals surface area contributed by atoms with Crippen molar-refractivity contribution in [1.82, 2.24) is 0 Å². The number of Topliss-reactive ketones (excluding diaryl/α,β-unsaturated/α-hetero) is 1. The van der Waals surface area contributed by atoms with Crippen LogP contribution in [-0.4, -0.2) is 60.9 Å². The van der Waals surface area contributed by atoms with Crippen LogP contribution in [0.5, 0.6) is 0 Å². The van der Waals surface area contributed by atoms with Crippen molar-refractivity contribution in [3.05, 3.63) is 0 Å². The number of carbonyl (C=O) groups is 5. The van der Waals surface area contributed by atoms with E-state index in [-0.39, 0.29) is 17.1 Å². The fourth-order valence-electron chi connectivity index (χ4n) is 9.49. The summed E-state index contributed by atoms with van der Waals surface area (Å²) in [6, 6.07) is 0. The van der Waals surface area contributed by atoms with E-state index in [1.165, 1.54) is 27.7 Å². The van der Waals surface area contributed by atoms with Gasteiger partial charge in [-0.2, -0.15) is 0 Å². The van der Waals surface area contributed by atoms with Crippen LogP contribution < -0.4 is 0 Å². The molecule has 10 nitrogen and oxygen atoms in total. The largest absolute Gasteiger partial charge is 0.462 e. The normalized spacial score (nSPS) is 46.7. The zero-order valence-corrected chi connectivity index (χ0v) is 22.9. The molecule has 0 aromatic rings. The van der Waals surface area contributed by atoms with E-state index in [4.69, 9.17) is 23.7 Å². The molecule has 0 radical (unpaired) electrons. The SMILES string of the molecule is CC(=O)O[C@@H]1OC[C@]2(C)CCC[C@@]13[C@@H]2C[C@@H](OC(C)=O)[C@]12C(=O)[C@H](C)[C@H](C[C@H](OC(C)=O)[C@@H]31)[C@H]2OC(C)=O. The van der Waals surface area contributed by atoms with Crippen molar-refractivity contribution in [2.45, 2.75) is 98.2 Å². The monoisotopic (exact) mass is 534 g/mol. The van der Waals surface area contributed by atoms with Crippen molar-refractivity contribution >= 4 is 29.7 Å². The van der Waals surface area contributed by atoms with Gasteiger partial charge in [-0.25, -0.2) is 0 Å². The Hall–Kier alpha value is -2.49. The van der Waals surface area contributed by atoms with Gasteiger partial charge in [-0.15, -0.1) is 0 Å². The number of ether oxygens (including phenoxy) is 5. The maximum Gasteiger partial charge on any atom is 0.304 e. The first kappa shape index (κ1) is 27.1. The molecule has 11 atom stereocenters. The van der Waals surface area contributed by atoms with Crippen LogP contribution in [0, 0.1) is 39.9 Å². The van der Waals surface area contributed by atoms with Gasteiger partial charge in [0.2, 0.25) is 6.29 Å². The quantitative estimate of drug-likeness (QED) is 0.392. The summed E-state index contributed by atoms with van der Waals surface area (Å²) in [5.41, 5.74) is -2.75. The van der Waals surface area contributed by atoms with Crippen molar-refractivity contribution in [2.24, 2.45) is 39.9 Å². The van der Waals surface area contributed by atoms with E-state index in [9.17, 15) is 24.0 Å². The van der Waals surface area contributed by atoms with E-state index in [1.807, 2.05) is 0 Å². The number of esters is 4. The first-order valence-corrected chi connectivity index (χ1v) is 13.6. The smallest absolute Gasteiger partial charge is 0.304 e. The third kappa shape index (κ3) is 3.58. The van der Waals surface area contributed by atoms with E-state index in [1.54, 1.807) is 6.92 Å². The van der Waals surface area contributed by atoms with Gasteiger partial charge in [0.05, 0.1) is 6.61 Å². The highest BCUT2D eigenvalue weighted by molar-refractivity contribution is 5.93. The van der Waals surface area contributed by atoms with Gasteiger partial charge >= 0.3 is 23.9 Å². The Morgan fingerprint density at radius 1 is 0.868 bits per heavy atom. The van der Waals surface area contributed by atoms with Crippen molar-refractivity contribution in [3.63, 3.8) is 0 Å². The standard InChI is InChI=1S/C28H38O10/c1-13-18-10-19(35-14(2)29)22-27-9-7-8-26(6,12-34-25(27)38-17(5)32)20(27)11-21(36-15(3)30)28(22,23(13)33)24(18)37-16(4)31/h13,18-22,24-25H,7-12H2,1-6H3/t13-,18+,19+,20-,21-,22+,24-,25+,26+,27+,28-/m1/s1. The van der Waals surface area contributed by atoms with E-state index in [0.717, 1.165) is 12.8 Å². The van der Waals surface area contributed by atoms with Crippen LogP contribution in [0.2, 0.25) is 0 Å². The number of fused-ring (bicyclic) bond motifs is 1. The van der Waals surface area contributed by atoms with Gasteiger partial charge in [-0.05, 0) is 37.0 Å². The molecule has 0 aromatic heterocycles. The van der Waals surface area contributed by atoms with Gasteiger partial charge in [0.15, 0.2) is 0 Å². The highest BCUT2D eigenvalue weighted by Crippen LogP contribution is 2.75. The van der Waals surface area contributed by atoms with Crippen LogP contribution in [0.3, 0.4) is 0 Å². The zero-order chi connectivity index (χ0) is 27.8. The molecule has 0 aromatic carbocycles. The van der Waals surface area contributed by atoms with Gasteiger partial charge in [0.25, 0.3) is 0 Å². The number of hydrogen-bond donors (Lipinski definition) is 0. The number of carbonyl (C=O) groups excluding carboxylic acids is 5. The summed E-state index contributed by atoms with van der Waals surface area (Å²) in [4.78, 5) is 64.3. The van der Waals surface area contributed by atoms with Crippen molar-refractivity contribution in [1.29, 1.82) is 0 Å². The highest BCUT2D eigenvalue weighted by Gasteiger charge is 2.83. The van der Waals surface area contributed by atoms with Gasteiger partial charge in [-0.3, -0.25) is 24.0 Å². The average molecular weight is 535 g/mol. The number of rotatable bonds is 4. The second kappa shape index (κ2) is 9.03. The molecule has 1 aliphatic heterocycles. The third-order valence-corrected chi connectivity index (χ3v) is 10.3. The molecule has 10 heteroatoms. The van der Waals surface area contributed by atoms with E-state index >= 15 is 0 Å². The summed E-state index contributed by atoms with van der Waals surface area (Å²) in [7, 11) is 0. The Kier molecular flexibility index (Phi) is 6.44. The van der Waals surface area contributed by atoms with Crippen LogP contribution in [0.1, 0.15) is 73.6 Å². The summed E-state index contributed by atoms with van der Waals surface area (Å²) in [6.45, 7) is 9.49. The Labute approximate surface area is 222 Å². The van der Waals surface area contributed by atoms with Crippen LogP contribution in [0.25, 0.3) is 0 Å². The van der Waals surface area contributed by atoms with Gasteiger partial charge < -0.3 is 23.7 Å². The maximum atomic E-state index is 14.5. The molecular formula is C28H38O10. The van der Waals surface area contributed by atoms with Crippen molar-refractivity contribution < 1.29 is 47.7 Å². The molecule has 4 aliphatic carbocycles. The molecule has 0 N–H and O–H groups in total. The Bertz CT molecular complexity index is 1070. The Morgan fingerprint density at radius 3 is 2.11 bits per heavy atom. The minimum atomic E-state index is -1.48. The number of ketones is 1. The van der Waals surface area contributed by atoms with Gasteiger partial charge in [0, 0.05) is 50.9 Å². The van der Waals surface area contributed by atoms with E-state index in [2.05, 4.69) is 6.92 Å². The van der Waals surface area contributed by atoms with Crippen molar-refractivity contribution in [3.8, 4) is 0 Å². The lowest BCUT2D eigenvalue weighted by atomic mass is 9.37. The fourth-order valence-corrected chi connectivity index (χ4v) is 9.49. The minimum absolute atomic E-state index is 0.168. The molecular weight excluding hydrogens is 496 g/mol. The summed E-state index contributed by atoms with van der Waals surface area (Å²) in [5.74, 6) is -4.17. The van der Waals surface area contributed by atoms with E-state index < -0.39 is 77.1 Å². The predicted octanol–water partition coefficient (Wildman–Crippen LogP) is 2.74. The molecule has 1 heterocycles. The summed E-state index contributed by atoms with van der Waals surface area (Å²) in [5, 5.41) is 0. The highest BCUT2D eigenvalue weighted by atomic mass is 16.7. The molecule has 4 saturated carbocycles. The summed E-state index contributed by atoms with van der Waals surface area (Å²) < 4.78 is 30.1.